The zero-order chi connectivity index (χ0) is 17.4. The molecular weight excluding hydrogens is 338 g/mol. The van der Waals surface area contributed by atoms with Crippen LogP contribution in [-0.4, -0.2) is 23.9 Å². The lowest BCUT2D eigenvalue weighted by molar-refractivity contribution is 0.580. The Morgan fingerprint density at radius 3 is 2.40 bits per heavy atom. The van der Waals surface area contributed by atoms with E-state index in [1.54, 1.807) is 6.07 Å². The van der Waals surface area contributed by atoms with Crippen molar-refractivity contribution in [2.24, 2.45) is 0 Å². The summed E-state index contributed by atoms with van der Waals surface area (Å²) in [5.41, 5.74) is 2.22. The lowest BCUT2D eigenvalue weighted by Gasteiger charge is -2.08. The molecule has 1 heterocycles. The van der Waals surface area contributed by atoms with Crippen LogP contribution in [-0.2, 0) is 16.6 Å². The predicted octanol–water partition coefficient (Wildman–Crippen LogP) is 2.17. The molecule has 6 nitrogen and oxygen atoms in total. The summed E-state index contributed by atoms with van der Waals surface area (Å²) in [5, 5.41) is 7.86. The maximum Gasteiger partial charge on any atom is 0.272 e. The van der Waals surface area contributed by atoms with E-state index >= 15 is 0 Å². The van der Waals surface area contributed by atoms with Crippen molar-refractivity contribution in [3.05, 3.63) is 64.4 Å². The van der Waals surface area contributed by atoms with E-state index in [1.165, 1.54) is 0 Å². The molecule has 0 saturated heterocycles. The first-order valence-electron chi connectivity index (χ1n) is 8.10. The normalized spacial score (nSPS) is 14.7. The van der Waals surface area contributed by atoms with Crippen LogP contribution in [0.3, 0.4) is 0 Å². The van der Waals surface area contributed by atoms with E-state index in [1.807, 2.05) is 42.5 Å². The van der Waals surface area contributed by atoms with Gasteiger partial charge in [-0.15, -0.1) is 0 Å². The van der Waals surface area contributed by atoms with Crippen LogP contribution in [0, 0.1) is 0 Å². The van der Waals surface area contributed by atoms with Crippen molar-refractivity contribution in [1.82, 2.24) is 14.9 Å². The Morgan fingerprint density at radius 1 is 1.04 bits per heavy atom. The molecule has 4 rings (SSSR count). The summed E-state index contributed by atoms with van der Waals surface area (Å²) >= 11 is 0. The van der Waals surface area contributed by atoms with Gasteiger partial charge in [0.15, 0.2) is 0 Å². The average molecular weight is 355 g/mol. The molecule has 0 aliphatic heterocycles. The molecule has 0 atom stereocenters. The van der Waals surface area contributed by atoms with Crippen molar-refractivity contribution in [3.8, 4) is 11.3 Å². The molecule has 25 heavy (non-hydrogen) atoms. The van der Waals surface area contributed by atoms with Gasteiger partial charge in [-0.25, -0.2) is 18.2 Å². The molecule has 128 valence electrons. The predicted molar refractivity (Wildman–Crippen MR) is 96.6 cm³/mol. The maximum absolute atomic E-state index is 11.9. The van der Waals surface area contributed by atoms with Crippen LogP contribution in [0.15, 0.2) is 53.3 Å². The van der Waals surface area contributed by atoms with Crippen molar-refractivity contribution >= 4 is 20.8 Å². The highest BCUT2D eigenvalue weighted by Gasteiger charge is 2.35. The lowest BCUT2D eigenvalue weighted by atomic mass is 10.0. The van der Waals surface area contributed by atoms with Gasteiger partial charge in [-0.1, -0.05) is 42.5 Å². The highest BCUT2D eigenvalue weighted by molar-refractivity contribution is 7.90. The van der Waals surface area contributed by atoms with Gasteiger partial charge in [0.25, 0.3) is 5.56 Å². The largest absolute Gasteiger partial charge is 0.272 e. The minimum Gasteiger partial charge on any atom is -0.267 e. The van der Waals surface area contributed by atoms with Crippen LogP contribution in [0.25, 0.3) is 22.0 Å². The zero-order valence-corrected chi connectivity index (χ0v) is 14.2. The second kappa shape index (κ2) is 6.09. The second-order valence-electron chi connectivity index (χ2n) is 6.21. The standard InChI is InChI=1S/C18H17N3O3S/c22-18-16-4-2-1-3-15(16)17(20-21-18)13-7-5-12(6-8-13)11-19-25(23,24)14-9-10-14/h1-8,14,19H,9-11H2,(H,21,22). The molecule has 1 fully saturated rings. The summed E-state index contributed by atoms with van der Waals surface area (Å²) in [5.74, 6) is 0. The zero-order valence-electron chi connectivity index (χ0n) is 13.4. The Bertz CT molecular complexity index is 1080. The molecule has 1 saturated carbocycles. The Hall–Kier alpha value is -2.51. The van der Waals surface area contributed by atoms with E-state index < -0.39 is 10.0 Å². The van der Waals surface area contributed by atoms with Crippen molar-refractivity contribution in [2.75, 3.05) is 0 Å². The molecular formula is C18H17N3O3S. The Labute approximate surface area is 145 Å². The molecule has 0 radical (unpaired) electrons. The SMILES string of the molecule is O=c1[nH]nc(-c2ccc(CNS(=O)(=O)C3CC3)cc2)c2ccccc12. The van der Waals surface area contributed by atoms with Gasteiger partial charge in [0.1, 0.15) is 0 Å². The molecule has 0 spiro atoms. The van der Waals surface area contributed by atoms with Gasteiger partial charge in [0, 0.05) is 17.5 Å². The van der Waals surface area contributed by atoms with E-state index in [-0.39, 0.29) is 17.4 Å². The summed E-state index contributed by atoms with van der Waals surface area (Å²) < 4.78 is 26.4. The highest BCUT2D eigenvalue weighted by atomic mass is 32.2. The first kappa shape index (κ1) is 16.0. The van der Waals surface area contributed by atoms with Crippen molar-refractivity contribution in [1.29, 1.82) is 0 Å². The third-order valence-electron chi connectivity index (χ3n) is 4.36. The van der Waals surface area contributed by atoms with Crippen molar-refractivity contribution < 1.29 is 8.42 Å². The molecule has 2 N–H and O–H groups in total. The van der Waals surface area contributed by atoms with Gasteiger partial charge >= 0.3 is 0 Å². The number of hydrogen-bond acceptors (Lipinski definition) is 4. The van der Waals surface area contributed by atoms with Crippen LogP contribution in [0.2, 0.25) is 0 Å². The number of nitrogens with one attached hydrogen (secondary N) is 2. The minimum atomic E-state index is -3.18. The van der Waals surface area contributed by atoms with Gasteiger partial charge < -0.3 is 0 Å². The lowest BCUT2D eigenvalue weighted by Crippen LogP contribution is -2.26. The molecule has 0 amide bonds. The summed E-state index contributed by atoms with van der Waals surface area (Å²) in [4.78, 5) is 11.9. The number of aromatic amines is 1. The number of aromatic nitrogens is 2. The highest BCUT2D eigenvalue weighted by Crippen LogP contribution is 2.28. The van der Waals surface area contributed by atoms with Gasteiger partial charge in [-0.2, -0.15) is 5.10 Å². The van der Waals surface area contributed by atoms with Crippen LogP contribution < -0.4 is 10.3 Å². The van der Waals surface area contributed by atoms with Crippen LogP contribution in [0.4, 0.5) is 0 Å². The molecule has 1 aliphatic rings. The third-order valence-corrected chi connectivity index (χ3v) is 6.26. The van der Waals surface area contributed by atoms with Crippen LogP contribution in [0.1, 0.15) is 18.4 Å². The summed E-state index contributed by atoms with van der Waals surface area (Å²) in [6.45, 7) is 0.277. The average Bonchev–Trinajstić information content (AvgIpc) is 3.47. The van der Waals surface area contributed by atoms with E-state index in [0.29, 0.717) is 11.1 Å². The van der Waals surface area contributed by atoms with E-state index in [9.17, 15) is 13.2 Å². The number of benzene rings is 2. The fourth-order valence-electron chi connectivity index (χ4n) is 2.80. The molecule has 1 aliphatic carbocycles. The fourth-order valence-corrected chi connectivity index (χ4v) is 4.16. The maximum atomic E-state index is 11.9. The van der Waals surface area contributed by atoms with Gasteiger partial charge in [-0.05, 0) is 24.5 Å². The van der Waals surface area contributed by atoms with Gasteiger partial charge in [0.2, 0.25) is 10.0 Å². The Kier molecular flexibility index (Phi) is 3.89. The minimum absolute atomic E-state index is 0.217. The van der Waals surface area contributed by atoms with Crippen LogP contribution >= 0.6 is 0 Å². The molecule has 0 unspecified atom stereocenters. The fraction of sp³-hybridized carbons (Fsp3) is 0.222. The van der Waals surface area contributed by atoms with Crippen LogP contribution in [0.5, 0.6) is 0 Å². The second-order valence-corrected chi connectivity index (χ2v) is 8.25. The number of H-pyrrole nitrogens is 1. The topological polar surface area (TPSA) is 91.9 Å². The monoisotopic (exact) mass is 355 g/mol. The van der Waals surface area contributed by atoms with E-state index in [4.69, 9.17) is 0 Å². The van der Waals surface area contributed by atoms with Crippen molar-refractivity contribution in [2.45, 2.75) is 24.6 Å². The van der Waals surface area contributed by atoms with E-state index in [2.05, 4.69) is 14.9 Å². The quantitative estimate of drug-likeness (QED) is 0.734. The molecule has 1 aromatic heterocycles. The molecule has 3 aromatic rings. The van der Waals surface area contributed by atoms with E-state index in [0.717, 1.165) is 29.4 Å². The number of rotatable bonds is 5. The number of hydrogen-bond donors (Lipinski definition) is 2. The molecule has 0 bridgehead atoms. The van der Waals surface area contributed by atoms with Crippen molar-refractivity contribution in [3.63, 3.8) is 0 Å². The molecule has 2 aromatic carbocycles. The third kappa shape index (κ3) is 3.20. The Morgan fingerprint density at radius 2 is 1.72 bits per heavy atom. The number of fused-ring (bicyclic) bond motifs is 1. The summed E-state index contributed by atoms with van der Waals surface area (Å²) in [6, 6.07) is 14.8. The van der Waals surface area contributed by atoms with Gasteiger partial charge in [0.05, 0.1) is 16.3 Å². The smallest absolute Gasteiger partial charge is 0.267 e. The first-order valence-corrected chi connectivity index (χ1v) is 9.64. The number of sulfonamides is 1. The number of nitrogens with zero attached hydrogens (tertiary/aromatic N) is 1. The van der Waals surface area contributed by atoms with Gasteiger partial charge in [-0.3, -0.25) is 4.79 Å². The molecule has 7 heteroatoms. The summed E-state index contributed by atoms with van der Waals surface area (Å²) in [7, 11) is -3.18. The summed E-state index contributed by atoms with van der Waals surface area (Å²) in [6.07, 6.45) is 1.50. The first-order chi connectivity index (χ1) is 12.0. The Balaban J connectivity index is 1.60.